The molecular weight excluding hydrogens is 747 g/mol. The zero-order chi connectivity index (χ0) is 40.1. The van der Waals surface area contributed by atoms with Gasteiger partial charge in [-0.1, -0.05) is 48.4 Å². The molecule has 58 heavy (non-hydrogen) atoms. The molecule has 3 aromatic heterocycles. The average Bonchev–Trinajstić information content (AvgIpc) is 3.67. The van der Waals surface area contributed by atoms with Crippen LogP contribution in [-0.2, 0) is 9.47 Å². The number of amides is 1. The number of aromatic nitrogens is 4. The predicted octanol–water partition coefficient (Wildman–Crippen LogP) is 6.05. The van der Waals surface area contributed by atoms with E-state index in [1.807, 2.05) is 17.9 Å². The first-order valence-electron chi connectivity index (χ1n) is 19.4. The minimum absolute atomic E-state index is 0.00432. The van der Waals surface area contributed by atoms with Crippen LogP contribution in [0.25, 0.3) is 32.9 Å². The number of hydrogen-bond acceptors (Lipinski definition) is 12. The summed E-state index contributed by atoms with van der Waals surface area (Å²) in [5, 5.41) is 1.21. The summed E-state index contributed by atoms with van der Waals surface area (Å²) in [6.07, 6.45) is 9.27. The van der Waals surface area contributed by atoms with E-state index in [1.54, 1.807) is 41.4 Å². The van der Waals surface area contributed by atoms with E-state index in [-0.39, 0.29) is 77.6 Å². The van der Waals surface area contributed by atoms with E-state index in [0.29, 0.717) is 68.2 Å². The average molecular weight is 789 g/mol. The minimum atomic E-state index is -0.775. The summed E-state index contributed by atoms with van der Waals surface area (Å²) in [5.74, 6) is 1.87. The Labute approximate surface area is 333 Å². The zero-order valence-electron chi connectivity index (χ0n) is 32.0. The van der Waals surface area contributed by atoms with Gasteiger partial charge in [0.25, 0.3) is 0 Å². The normalized spacial score (nSPS) is 21.1. The third-order valence-corrected chi connectivity index (χ3v) is 11.8. The standard InChI is InChI=1S/C43H42F2N8O5/c1-4-29-32(44)11-10-27-7-5-8-31(33(27)29)36-35(45)37-34-39(52(17-20-56-40(34)48-36)26(3)30-9-6-14-47-38(30)46)50-41(49-37)58-24-43-13-12-28(53(43)22-25(2)21-43)23-57-42(54)51-15-18-55-19-16-51/h1,5-11,14,26,28H,2,12-13,15-24H2,3H3,(H2,46,47)/t26-,28+,43+/m1/s1. The topological polar surface area (TPSA) is 141 Å². The van der Waals surface area contributed by atoms with Crippen molar-refractivity contribution in [1.29, 1.82) is 0 Å². The van der Waals surface area contributed by atoms with Crippen molar-refractivity contribution in [3.8, 4) is 35.5 Å². The number of morpholine rings is 1. The molecule has 2 N–H and O–H groups in total. The largest absolute Gasteiger partial charge is 0.475 e. The molecule has 7 heterocycles. The second kappa shape index (κ2) is 15.0. The highest BCUT2D eigenvalue weighted by Gasteiger charge is 2.51. The number of rotatable bonds is 8. The van der Waals surface area contributed by atoms with E-state index in [9.17, 15) is 4.79 Å². The number of fused-ring (bicyclic) bond motifs is 2. The number of carbonyl (C=O) groups is 1. The van der Waals surface area contributed by atoms with Crippen LogP contribution in [0.3, 0.4) is 0 Å². The number of carbonyl (C=O) groups excluding carboxylic acids is 1. The summed E-state index contributed by atoms with van der Waals surface area (Å²) in [5.41, 5.74) is 7.76. The Bertz CT molecular complexity index is 2510. The van der Waals surface area contributed by atoms with Crippen molar-refractivity contribution in [1.82, 2.24) is 29.7 Å². The van der Waals surface area contributed by atoms with Crippen LogP contribution >= 0.6 is 0 Å². The zero-order valence-corrected chi connectivity index (χ0v) is 32.0. The maximum atomic E-state index is 17.4. The second-order valence-corrected chi connectivity index (χ2v) is 15.2. The molecule has 3 fully saturated rings. The lowest BCUT2D eigenvalue weighted by molar-refractivity contribution is 0.0139. The highest BCUT2D eigenvalue weighted by molar-refractivity contribution is 6.03. The molecule has 0 aliphatic carbocycles. The predicted molar refractivity (Wildman–Crippen MR) is 213 cm³/mol. The molecule has 2 aromatic carbocycles. The number of halogens is 2. The van der Waals surface area contributed by atoms with Crippen molar-refractivity contribution in [2.45, 2.75) is 43.8 Å². The van der Waals surface area contributed by atoms with Gasteiger partial charge in [0, 0.05) is 48.4 Å². The third-order valence-electron chi connectivity index (χ3n) is 11.8. The lowest BCUT2D eigenvalue weighted by Crippen LogP contribution is -2.48. The number of benzene rings is 2. The molecule has 0 unspecified atom stereocenters. The number of anilines is 2. The van der Waals surface area contributed by atoms with Crippen LogP contribution in [0.1, 0.15) is 43.4 Å². The molecule has 3 atom stereocenters. The Morgan fingerprint density at radius 2 is 1.95 bits per heavy atom. The lowest BCUT2D eigenvalue weighted by atomic mass is 9.94. The SMILES string of the molecule is C#Cc1c(F)ccc2cccc(-c3nc4c5c(nc(OC[C@@]67CC[C@@H](COC(=O)N8CCOCC8)N6CC(=C)C7)nc5c3F)N([C@H](C)c3cccnc3N)CCO4)c12. The van der Waals surface area contributed by atoms with Gasteiger partial charge in [0.05, 0.1) is 36.9 Å². The Balaban J connectivity index is 1.11. The van der Waals surface area contributed by atoms with Crippen molar-refractivity contribution in [2.24, 2.45) is 0 Å². The third kappa shape index (κ3) is 6.46. The van der Waals surface area contributed by atoms with Crippen LogP contribution < -0.4 is 20.1 Å². The van der Waals surface area contributed by atoms with Crippen molar-refractivity contribution in [2.75, 3.05) is 69.8 Å². The maximum Gasteiger partial charge on any atom is 0.409 e. The second-order valence-electron chi connectivity index (χ2n) is 15.2. The molecule has 0 saturated carbocycles. The van der Waals surface area contributed by atoms with Gasteiger partial charge in [0.15, 0.2) is 5.82 Å². The fraction of sp³-hybridized carbons (Fsp3) is 0.372. The van der Waals surface area contributed by atoms with Crippen molar-refractivity contribution < 1.29 is 32.5 Å². The van der Waals surface area contributed by atoms with Gasteiger partial charge in [-0.15, -0.1) is 6.42 Å². The molecule has 4 aliphatic heterocycles. The molecule has 9 rings (SSSR count). The first-order valence-corrected chi connectivity index (χ1v) is 19.4. The summed E-state index contributed by atoms with van der Waals surface area (Å²) >= 11 is 0. The molecular formula is C43H42F2N8O5. The fourth-order valence-corrected chi connectivity index (χ4v) is 8.98. The highest BCUT2D eigenvalue weighted by atomic mass is 19.1. The number of terminal acetylenes is 1. The maximum absolute atomic E-state index is 17.4. The molecule has 298 valence electrons. The molecule has 0 spiro atoms. The number of nitrogens with two attached hydrogens (primary N) is 1. The molecule has 15 heteroatoms. The van der Waals surface area contributed by atoms with Crippen LogP contribution in [-0.4, -0.2) is 107 Å². The van der Waals surface area contributed by atoms with Crippen molar-refractivity contribution in [3.05, 3.63) is 83.6 Å². The number of ether oxygens (including phenoxy) is 4. The van der Waals surface area contributed by atoms with Gasteiger partial charge in [-0.2, -0.15) is 9.97 Å². The van der Waals surface area contributed by atoms with E-state index in [0.717, 1.165) is 24.0 Å². The molecule has 13 nitrogen and oxygen atoms in total. The number of nitrogen functional groups attached to an aromatic ring is 1. The molecule has 0 radical (unpaired) electrons. The molecule has 4 aliphatic rings. The molecule has 0 bridgehead atoms. The van der Waals surface area contributed by atoms with Crippen molar-refractivity contribution >= 4 is 39.4 Å². The van der Waals surface area contributed by atoms with Gasteiger partial charge in [-0.25, -0.2) is 23.5 Å². The lowest BCUT2D eigenvalue weighted by Gasteiger charge is -2.34. The summed E-state index contributed by atoms with van der Waals surface area (Å²) in [6, 6.07) is 11.3. The van der Waals surface area contributed by atoms with Gasteiger partial charge in [0.1, 0.15) is 53.9 Å². The van der Waals surface area contributed by atoms with Crippen LogP contribution in [0, 0.1) is 24.0 Å². The van der Waals surface area contributed by atoms with E-state index < -0.39 is 17.2 Å². The molecule has 3 saturated heterocycles. The Hall–Kier alpha value is -6.11. The Morgan fingerprint density at radius 3 is 2.76 bits per heavy atom. The monoisotopic (exact) mass is 788 g/mol. The van der Waals surface area contributed by atoms with Gasteiger partial charge < -0.3 is 34.5 Å². The summed E-state index contributed by atoms with van der Waals surface area (Å²) in [7, 11) is 0. The van der Waals surface area contributed by atoms with Gasteiger partial charge >= 0.3 is 12.1 Å². The van der Waals surface area contributed by atoms with E-state index >= 15 is 8.78 Å². The number of hydrogen-bond donors (Lipinski definition) is 1. The van der Waals surface area contributed by atoms with E-state index in [1.165, 1.54) is 6.07 Å². The van der Waals surface area contributed by atoms with Crippen LogP contribution in [0.4, 0.5) is 25.2 Å². The van der Waals surface area contributed by atoms with E-state index in [4.69, 9.17) is 46.1 Å². The summed E-state index contributed by atoms with van der Waals surface area (Å²) < 4.78 is 56.5. The Morgan fingerprint density at radius 1 is 1.10 bits per heavy atom. The highest BCUT2D eigenvalue weighted by Crippen LogP contribution is 2.46. The van der Waals surface area contributed by atoms with Gasteiger partial charge in [-0.05, 0) is 43.7 Å². The molecule has 1 amide bonds. The van der Waals surface area contributed by atoms with Gasteiger partial charge in [0.2, 0.25) is 5.88 Å². The van der Waals surface area contributed by atoms with Gasteiger partial charge in [-0.3, -0.25) is 4.90 Å². The first-order chi connectivity index (χ1) is 28.2. The van der Waals surface area contributed by atoms with Crippen molar-refractivity contribution in [3.63, 3.8) is 0 Å². The van der Waals surface area contributed by atoms with Crippen LogP contribution in [0.5, 0.6) is 11.9 Å². The smallest absolute Gasteiger partial charge is 0.409 e. The summed E-state index contributed by atoms with van der Waals surface area (Å²) in [4.78, 5) is 37.5. The number of nitrogens with zero attached hydrogens (tertiary/aromatic N) is 7. The fourth-order valence-electron chi connectivity index (χ4n) is 8.98. The summed E-state index contributed by atoms with van der Waals surface area (Å²) in [6.45, 7) is 9.77. The van der Waals surface area contributed by atoms with Crippen LogP contribution in [0.2, 0.25) is 0 Å². The Kier molecular flexibility index (Phi) is 9.69. The number of pyridine rings is 2. The van der Waals surface area contributed by atoms with E-state index in [2.05, 4.69) is 22.4 Å². The molecule has 5 aromatic rings. The minimum Gasteiger partial charge on any atom is -0.475 e. The van der Waals surface area contributed by atoms with Crippen LogP contribution in [0.15, 0.2) is 60.8 Å². The first kappa shape index (κ1) is 37.5. The quantitative estimate of drug-likeness (QED) is 0.145.